The Morgan fingerprint density at radius 1 is 1.28 bits per heavy atom. The van der Waals surface area contributed by atoms with Gasteiger partial charge in [-0.3, -0.25) is 0 Å². The lowest BCUT2D eigenvalue weighted by molar-refractivity contribution is 0.0979. The first-order valence-corrected chi connectivity index (χ1v) is 6.40. The van der Waals surface area contributed by atoms with Gasteiger partial charge in [-0.1, -0.05) is 30.3 Å². The number of likely N-dealkylation sites (N-methyl/N-ethyl adjacent to an activating group) is 1. The van der Waals surface area contributed by atoms with E-state index < -0.39 is 0 Å². The molecule has 0 spiro atoms. The van der Waals surface area contributed by atoms with Gasteiger partial charge in [0.15, 0.2) is 11.7 Å². The lowest BCUT2D eigenvalue weighted by Gasteiger charge is -2.25. The zero-order valence-electron chi connectivity index (χ0n) is 10.5. The molecule has 0 aromatic heterocycles. The van der Waals surface area contributed by atoms with Crippen LogP contribution in [0.15, 0.2) is 40.3 Å². The van der Waals surface area contributed by atoms with Crippen molar-refractivity contribution in [3.8, 4) is 0 Å². The first-order chi connectivity index (χ1) is 8.88. The number of aliphatic imine (C=N–C) groups is 2. The summed E-state index contributed by atoms with van der Waals surface area (Å²) in [6, 6.07) is 10.2. The number of rotatable bonds is 4. The van der Waals surface area contributed by atoms with Crippen LogP contribution in [0.25, 0.3) is 0 Å². The molecule has 1 saturated heterocycles. The molecule has 0 saturated carbocycles. The minimum absolute atomic E-state index is 0.125. The fraction of sp³-hybridized carbons (Fsp3) is 0.429. The number of hydrogen-bond acceptors (Lipinski definition) is 4. The average Bonchev–Trinajstić information content (AvgIpc) is 2.87. The monoisotopic (exact) mass is 243 g/mol. The van der Waals surface area contributed by atoms with Gasteiger partial charge in [0, 0.05) is 12.2 Å². The minimum Gasteiger partial charge on any atom is -0.376 e. The van der Waals surface area contributed by atoms with E-state index in [-0.39, 0.29) is 12.1 Å². The molecule has 0 unspecified atom stereocenters. The van der Waals surface area contributed by atoms with Crippen molar-refractivity contribution in [2.75, 3.05) is 13.7 Å². The fourth-order valence-corrected chi connectivity index (χ4v) is 2.42. The van der Waals surface area contributed by atoms with Crippen LogP contribution in [-0.2, 0) is 4.74 Å². The number of hydrogen-bond donors (Lipinski definition) is 1. The average molecular weight is 243 g/mol. The molecule has 2 aliphatic heterocycles. The Morgan fingerprint density at radius 2 is 2.06 bits per heavy atom. The minimum atomic E-state index is 0.125. The summed E-state index contributed by atoms with van der Waals surface area (Å²) in [4.78, 5) is 9.06. The van der Waals surface area contributed by atoms with Crippen LogP contribution < -0.4 is 5.32 Å². The molecule has 4 nitrogen and oxygen atoms in total. The summed E-state index contributed by atoms with van der Waals surface area (Å²) in [6.45, 7) is 0.853. The zero-order chi connectivity index (χ0) is 12.4. The quantitative estimate of drug-likeness (QED) is 0.873. The molecule has 94 valence electrons. The van der Waals surface area contributed by atoms with Crippen LogP contribution in [0, 0.1) is 0 Å². The maximum absolute atomic E-state index is 5.69. The molecule has 1 aromatic rings. The molecular weight excluding hydrogens is 226 g/mol. The summed E-state index contributed by atoms with van der Waals surface area (Å²) in [5, 5.41) is 3.26. The van der Waals surface area contributed by atoms with Crippen molar-refractivity contribution in [1.29, 1.82) is 0 Å². The van der Waals surface area contributed by atoms with Gasteiger partial charge in [0.05, 0.1) is 12.1 Å². The summed E-state index contributed by atoms with van der Waals surface area (Å²) in [6.07, 6.45) is 2.43. The van der Waals surface area contributed by atoms with Crippen molar-refractivity contribution in [3.05, 3.63) is 35.9 Å². The number of amidine groups is 2. The SMILES string of the molecule is CN[C@H](C1=NC(c2ccccc2)=N1)[C@@H]1CCCO1. The van der Waals surface area contributed by atoms with Crippen LogP contribution in [0.1, 0.15) is 18.4 Å². The van der Waals surface area contributed by atoms with E-state index in [1.165, 1.54) is 0 Å². The maximum Gasteiger partial charge on any atom is 0.163 e. The Bertz CT molecular complexity index is 475. The molecule has 4 heteroatoms. The third-order valence-corrected chi connectivity index (χ3v) is 3.40. The van der Waals surface area contributed by atoms with Crippen LogP contribution in [0.2, 0.25) is 0 Å². The van der Waals surface area contributed by atoms with Crippen molar-refractivity contribution < 1.29 is 4.74 Å². The van der Waals surface area contributed by atoms with E-state index in [2.05, 4.69) is 15.3 Å². The van der Waals surface area contributed by atoms with Crippen LogP contribution in [0.3, 0.4) is 0 Å². The van der Waals surface area contributed by atoms with Gasteiger partial charge >= 0.3 is 0 Å². The number of nitrogens with zero attached hydrogens (tertiary/aromatic N) is 2. The van der Waals surface area contributed by atoms with Gasteiger partial charge in [0.25, 0.3) is 0 Å². The van der Waals surface area contributed by atoms with Gasteiger partial charge in [0.2, 0.25) is 0 Å². The number of nitrogens with one attached hydrogen (secondary N) is 1. The largest absolute Gasteiger partial charge is 0.376 e. The van der Waals surface area contributed by atoms with Gasteiger partial charge < -0.3 is 10.1 Å². The molecule has 2 aliphatic rings. The topological polar surface area (TPSA) is 46.0 Å². The van der Waals surface area contributed by atoms with E-state index in [0.717, 1.165) is 36.7 Å². The van der Waals surface area contributed by atoms with E-state index in [0.29, 0.717) is 0 Å². The smallest absolute Gasteiger partial charge is 0.163 e. The van der Waals surface area contributed by atoms with Gasteiger partial charge in [-0.25, -0.2) is 9.98 Å². The van der Waals surface area contributed by atoms with Gasteiger partial charge in [-0.05, 0) is 19.9 Å². The molecule has 2 atom stereocenters. The lowest BCUT2D eigenvalue weighted by Crippen LogP contribution is -2.46. The Morgan fingerprint density at radius 3 is 2.67 bits per heavy atom. The summed E-state index contributed by atoms with van der Waals surface area (Å²) >= 11 is 0. The second-order valence-electron chi connectivity index (χ2n) is 4.59. The molecule has 1 N–H and O–H groups in total. The second kappa shape index (κ2) is 5.00. The summed E-state index contributed by atoms with van der Waals surface area (Å²) < 4.78 is 5.69. The Labute approximate surface area is 107 Å². The molecule has 0 aliphatic carbocycles. The standard InChI is InChI=1S/C14H17N3O/c1-15-12(11-8-5-9-18-11)14-16-13(17-14)10-6-3-2-4-7-10/h2-4,6-7,11-12,15H,5,8-9H2,1H3/t11-,12-/m0/s1. The van der Waals surface area contributed by atoms with E-state index >= 15 is 0 Å². The fourth-order valence-electron chi connectivity index (χ4n) is 2.42. The zero-order valence-corrected chi connectivity index (χ0v) is 10.5. The molecule has 2 heterocycles. The highest BCUT2D eigenvalue weighted by atomic mass is 16.5. The van der Waals surface area contributed by atoms with Gasteiger partial charge in [-0.2, -0.15) is 0 Å². The number of ether oxygens (including phenoxy) is 1. The Balaban J connectivity index is 1.69. The molecule has 1 fully saturated rings. The summed E-state index contributed by atoms with van der Waals surface area (Å²) in [5.74, 6) is 1.69. The van der Waals surface area contributed by atoms with Crippen molar-refractivity contribution in [2.24, 2.45) is 9.98 Å². The molecule has 0 amide bonds. The van der Waals surface area contributed by atoms with Crippen LogP contribution in [-0.4, -0.2) is 37.5 Å². The molecule has 1 aromatic carbocycles. The van der Waals surface area contributed by atoms with Crippen molar-refractivity contribution in [2.45, 2.75) is 25.0 Å². The van der Waals surface area contributed by atoms with Gasteiger partial charge in [0.1, 0.15) is 0 Å². The van der Waals surface area contributed by atoms with E-state index in [4.69, 9.17) is 4.74 Å². The number of benzene rings is 1. The summed E-state index contributed by atoms with van der Waals surface area (Å²) in [5.41, 5.74) is 1.07. The van der Waals surface area contributed by atoms with E-state index in [9.17, 15) is 0 Å². The van der Waals surface area contributed by atoms with Crippen LogP contribution in [0.4, 0.5) is 0 Å². The Kier molecular flexibility index (Phi) is 3.21. The molecule has 3 rings (SSSR count). The van der Waals surface area contributed by atoms with Crippen molar-refractivity contribution >= 4 is 11.7 Å². The van der Waals surface area contributed by atoms with Crippen molar-refractivity contribution in [1.82, 2.24) is 5.32 Å². The highest BCUT2D eigenvalue weighted by Crippen LogP contribution is 2.20. The Hall–Kier alpha value is -1.52. The highest BCUT2D eigenvalue weighted by Gasteiger charge is 2.32. The first kappa shape index (κ1) is 11.6. The van der Waals surface area contributed by atoms with Gasteiger partial charge in [-0.15, -0.1) is 0 Å². The third kappa shape index (κ3) is 2.09. The highest BCUT2D eigenvalue weighted by molar-refractivity contribution is 6.20. The molecule has 18 heavy (non-hydrogen) atoms. The molecule has 0 radical (unpaired) electrons. The van der Waals surface area contributed by atoms with E-state index in [1.807, 2.05) is 37.4 Å². The van der Waals surface area contributed by atoms with Crippen LogP contribution in [0.5, 0.6) is 0 Å². The molecule has 0 bridgehead atoms. The van der Waals surface area contributed by atoms with E-state index in [1.54, 1.807) is 0 Å². The van der Waals surface area contributed by atoms with Crippen molar-refractivity contribution in [3.63, 3.8) is 0 Å². The maximum atomic E-state index is 5.69. The van der Waals surface area contributed by atoms with Crippen LogP contribution >= 0.6 is 0 Å². The molecular formula is C14H17N3O. The third-order valence-electron chi connectivity index (χ3n) is 3.40. The summed E-state index contributed by atoms with van der Waals surface area (Å²) in [7, 11) is 1.94. The predicted molar refractivity (Wildman–Crippen MR) is 72.2 cm³/mol. The second-order valence-corrected chi connectivity index (χ2v) is 4.59. The normalized spacial score (nSPS) is 24.2. The first-order valence-electron chi connectivity index (χ1n) is 6.40. The predicted octanol–water partition coefficient (Wildman–Crippen LogP) is 1.61. The lowest BCUT2D eigenvalue weighted by atomic mass is 10.1.